The molecule has 0 saturated heterocycles. The van der Waals surface area contributed by atoms with E-state index in [9.17, 15) is 14.4 Å². The van der Waals surface area contributed by atoms with Crippen LogP contribution in [0.1, 0.15) is 84.4 Å². The molecular formula is C24H27NO3. The Balaban J connectivity index is 1.80. The van der Waals surface area contributed by atoms with Crippen molar-refractivity contribution in [1.29, 1.82) is 0 Å². The summed E-state index contributed by atoms with van der Waals surface area (Å²) in [5, 5.41) is 2.91. The predicted molar refractivity (Wildman–Crippen MR) is 110 cm³/mol. The standard InChI is InChI=1S/C24H27NO3/c1-15(25-16(2)26)8-7-13-24(3,4)17-11-12-20-21(14-17)23(28)19-10-6-5-9-18(19)22(20)27/h5-6,9-12,14-15H,7-8,13H2,1-4H3,(H,25,26). The fraction of sp³-hybridized carbons (Fsp3) is 0.375. The SMILES string of the molecule is CC(=O)NC(C)CCCC(C)(C)c1ccc2c(c1)C(=O)c1ccccc1C2=O. The molecule has 0 bridgehead atoms. The maximum absolute atomic E-state index is 12.9. The highest BCUT2D eigenvalue weighted by Crippen LogP contribution is 2.34. The van der Waals surface area contributed by atoms with Crippen molar-refractivity contribution < 1.29 is 14.4 Å². The summed E-state index contributed by atoms with van der Waals surface area (Å²) >= 11 is 0. The number of hydrogen-bond donors (Lipinski definition) is 1. The van der Waals surface area contributed by atoms with Gasteiger partial charge in [0, 0.05) is 35.2 Å². The molecule has 1 unspecified atom stereocenters. The molecular weight excluding hydrogens is 350 g/mol. The van der Waals surface area contributed by atoms with Crippen LogP contribution in [0.25, 0.3) is 0 Å². The van der Waals surface area contributed by atoms with Crippen molar-refractivity contribution in [3.05, 3.63) is 70.3 Å². The van der Waals surface area contributed by atoms with Crippen LogP contribution in [-0.4, -0.2) is 23.5 Å². The zero-order valence-corrected chi connectivity index (χ0v) is 17.0. The molecule has 3 rings (SSSR count). The van der Waals surface area contributed by atoms with Crippen molar-refractivity contribution in [1.82, 2.24) is 5.32 Å². The Hall–Kier alpha value is -2.75. The number of carbonyl (C=O) groups is 3. The lowest BCUT2D eigenvalue weighted by atomic mass is 9.76. The Morgan fingerprint density at radius 2 is 1.54 bits per heavy atom. The van der Waals surface area contributed by atoms with Crippen LogP contribution in [0, 0.1) is 0 Å². The summed E-state index contributed by atoms with van der Waals surface area (Å²) in [6.07, 6.45) is 2.79. The van der Waals surface area contributed by atoms with Crippen molar-refractivity contribution in [3.8, 4) is 0 Å². The molecule has 146 valence electrons. The molecule has 0 aliphatic heterocycles. The third-order valence-corrected chi connectivity index (χ3v) is 5.60. The lowest BCUT2D eigenvalue weighted by Gasteiger charge is -2.28. The van der Waals surface area contributed by atoms with Gasteiger partial charge in [-0.1, -0.05) is 50.6 Å². The minimum absolute atomic E-state index is 0.00934. The van der Waals surface area contributed by atoms with Gasteiger partial charge in [0.05, 0.1) is 0 Å². The molecule has 1 aliphatic carbocycles. The Morgan fingerprint density at radius 1 is 0.964 bits per heavy atom. The minimum atomic E-state index is -0.134. The summed E-state index contributed by atoms with van der Waals surface area (Å²) in [5.41, 5.74) is 2.88. The Kier molecular flexibility index (Phi) is 5.50. The molecule has 0 aromatic heterocycles. The highest BCUT2D eigenvalue weighted by Gasteiger charge is 2.31. The molecule has 4 nitrogen and oxygen atoms in total. The smallest absolute Gasteiger partial charge is 0.217 e. The summed E-state index contributed by atoms with van der Waals surface area (Å²) in [7, 11) is 0. The topological polar surface area (TPSA) is 63.2 Å². The van der Waals surface area contributed by atoms with E-state index >= 15 is 0 Å². The zero-order chi connectivity index (χ0) is 20.5. The summed E-state index contributed by atoms with van der Waals surface area (Å²) in [5.74, 6) is -0.175. The molecule has 0 radical (unpaired) electrons. The van der Waals surface area contributed by atoms with E-state index < -0.39 is 0 Å². The van der Waals surface area contributed by atoms with Gasteiger partial charge < -0.3 is 5.32 Å². The van der Waals surface area contributed by atoms with E-state index in [4.69, 9.17) is 0 Å². The Bertz CT molecular complexity index is 943. The first-order valence-electron chi connectivity index (χ1n) is 9.81. The summed E-state index contributed by atoms with van der Waals surface area (Å²) < 4.78 is 0. The van der Waals surface area contributed by atoms with E-state index in [1.54, 1.807) is 30.3 Å². The van der Waals surface area contributed by atoms with Crippen LogP contribution in [0.15, 0.2) is 42.5 Å². The van der Waals surface area contributed by atoms with Crippen LogP contribution >= 0.6 is 0 Å². The second-order valence-electron chi connectivity index (χ2n) is 8.34. The number of benzene rings is 2. The van der Waals surface area contributed by atoms with Gasteiger partial charge in [0.25, 0.3) is 0 Å². The Labute approximate surface area is 166 Å². The van der Waals surface area contributed by atoms with Gasteiger partial charge >= 0.3 is 0 Å². The number of carbonyl (C=O) groups excluding carboxylic acids is 3. The highest BCUT2D eigenvalue weighted by molar-refractivity contribution is 6.28. The molecule has 0 heterocycles. The number of ketones is 2. The van der Waals surface area contributed by atoms with E-state index in [-0.39, 0.29) is 28.9 Å². The van der Waals surface area contributed by atoms with Crippen LogP contribution < -0.4 is 5.32 Å². The molecule has 1 amide bonds. The quantitative estimate of drug-likeness (QED) is 0.691. The van der Waals surface area contributed by atoms with Crippen LogP contribution in [0.3, 0.4) is 0 Å². The Morgan fingerprint density at radius 3 is 2.14 bits per heavy atom. The van der Waals surface area contributed by atoms with Crippen molar-refractivity contribution in [3.63, 3.8) is 0 Å². The van der Waals surface area contributed by atoms with Gasteiger partial charge in [-0.2, -0.15) is 0 Å². The van der Waals surface area contributed by atoms with Crippen LogP contribution in [-0.2, 0) is 10.2 Å². The normalized spacial score (nSPS) is 14.3. The minimum Gasteiger partial charge on any atom is -0.354 e. The number of nitrogens with one attached hydrogen (secondary N) is 1. The van der Waals surface area contributed by atoms with Gasteiger partial charge in [0.2, 0.25) is 5.91 Å². The summed E-state index contributed by atoms with van der Waals surface area (Å²) in [4.78, 5) is 36.9. The first-order valence-corrected chi connectivity index (χ1v) is 9.81. The van der Waals surface area contributed by atoms with Gasteiger partial charge in [0.1, 0.15) is 0 Å². The third-order valence-electron chi connectivity index (χ3n) is 5.60. The van der Waals surface area contributed by atoms with Gasteiger partial charge in [-0.15, -0.1) is 0 Å². The van der Waals surface area contributed by atoms with E-state index in [0.717, 1.165) is 24.8 Å². The van der Waals surface area contributed by atoms with Gasteiger partial charge in [0.15, 0.2) is 11.6 Å². The molecule has 0 saturated carbocycles. The fourth-order valence-corrected chi connectivity index (χ4v) is 3.93. The zero-order valence-electron chi connectivity index (χ0n) is 17.0. The van der Waals surface area contributed by atoms with Crippen LogP contribution in [0.4, 0.5) is 0 Å². The summed E-state index contributed by atoms with van der Waals surface area (Å²) in [6.45, 7) is 7.85. The molecule has 1 N–H and O–H groups in total. The average molecular weight is 377 g/mol. The fourth-order valence-electron chi connectivity index (χ4n) is 3.93. The largest absolute Gasteiger partial charge is 0.354 e. The molecule has 2 aromatic carbocycles. The molecule has 0 spiro atoms. The maximum atomic E-state index is 12.9. The number of hydrogen-bond acceptors (Lipinski definition) is 3. The molecule has 0 fully saturated rings. The predicted octanol–water partition coefficient (Wildman–Crippen LogP) is 4.43. The van der Waals surface area contributed by atoms with Crippen molar-refractivity contribution in [2.24, 2.45) is 0 Å². The van der Waals surface area contributed by atoms with E-state index in [0.29, 0.717) is 22.3 Å². The monoisotopic (exact) mass is 377 g/mol. The number of rotatable bonds is 6. The van der Waals surface area contributed by atoms with E-state index in [1.807, 2.05) is 19.1 Å². The van der Waals surface area contributed by atoms with Crippen molar-refractivity contribution in [2.75, 3.05) is 0 Å². The number of amides is 1. The highest BCUT2D eigenvalue weighted by atomic mass is 16.1. The van der Waals surface area contributed by atoms with Gasteiger partial charge in [-0.25, -0.2) is 0 Å². The van der Waals surface area contributed by atoms with Crippen LogP contribution in [0.2, 0.25) is 0 Å². The van der Waals surface area contributed by atoms with E-state index in [2.05, 4.69) is 19.2 Å². The van der Waals surface area contributed by atoms with Crippen molar-refractivity contribution in [2.45, 2.75) is 58.4 Å². The second kappa shape index (κ2) is 7.70. The van der Waals surface area contributed by atoms with Gasteiger partial charge in [-0.05, 0) is 42.9 Å². The number of fused-ring (bicyclic) bond motifs is 2. The lowest BCUT2D eigenvalue weighted by molar-refractivity contribution is -0.119. The molecule has 4 heteroatoms. The average Bonchev–Trinajstić information content (AvgIpc) is 2.65. The van der Waals surface area contributed by atoms with E-state index in [1.165, 1.54) is 6.92 Å². The first-order chi connectivity index (χ1) is 13.2. The van der Waals surface area contributed by atoms with Gasteiger partial charge in [-0.3, -0.25) is 14.4 Å². The summed E-state index contributed by atoms with van der Waals surface area (Å²) in [6, 6.07) is 12.8. The molecule has 1 aliphatic rings. The molecule has 2 aromatic rings. The molecule has 1 atom stereocenters. The maximum Gasteiger partial charge on any atom is 0.217 e. The second-order valence-corrected chi connectivity index (χ2v) is 8.34. The first kappa shape index (κ1) is 20.0. The lowest BCUT2D eigenvalue weighted by Crippen LogP contribution is -2.30. The van der Waals surface area contributed by atoms with Crippen molar-refractivity contribution >= 4 is 17.5 Å². The third kappa shape index (κ3) is 3.91. The molecule has 28 heavy (non-hydrogen) atoms. The van der Waals surface area contributed by atoms with Crippen LogP contribution in [0.5, 0.6) is 0 Å².